The van der Waals surface area contributed by atoms with Gasteiger partial charge >= 0.3 is 0 Å². The Hall–Kier alpha value is -1.40. The van der Waals surface area contributed by atoms with Crippen molar-refractivity contribution >= 4 is 11.6 Å². The molecule has 3 N–H and O–H groups in total. The molecule has 0 radical (unpaired) electrons. The number of methoxy groups -OCH3 is 1. The molecule has 0 amide bonds. The number of aliphatic hydroxyl groups excluding tert-OH is 1. The molecule has 1 heterocycles. The van der Waals surface area contributed by atoms with Gasteiger partial charge in [-0.1, -0.05) is 13.8 Å². The summed E-state index contributed by atoms with van der Waals surface area (Å²) in [6, 6.07) is -0.163. The minimum absolute atomic E-state index is 0.00127. The van der Waals surface area contributed by atoms with Crippen molar-refractivity contribution in [3.8, 4) is 0 Å². The molecular formula is C13H24N4O2. The molecule has 0 saturated heterocycles. The Morgan fingerprint density at radius 2 is 2.05 bits per heavy atom. The van der Waals surface area contributed by atoms with Gasteiger partial charge in [-0.2, -0.15) is 0 Å². The third-order valence-corrected chi connectivity index (χ3v) is 2.77. The first kappa shape index (κ1) is 15.7. The molecule has 0 bridgehead atoms. The van der Waals surface area contributed by atoms with E-state index in [0.29, 0.717) is 6.61 Å². The molecule has 1 aromatic heterocycles. The van der Waals surface area contributed by atoms with Crippen LogP contribution in [0.15, 0.2) is 6.33 Å². The van der Waals surface area contributed by atoms with Crippen molar-refractivity contribution in [3.63, 3.8) is 0 Å². The van der Waals surface area contributed by atoms with Gasteiger partial charge in [0.25, 0.3) is 0 Å². The van der Waals surface area contributed by atoms with Crippen molar-refractivity contribution in [3.05, 3.63) is 11.9 Å². The minimum Gasteiger partial charge on any atom is -0.394 e. The summed E-state index contributed by atoms with van der Waals surface area (Å²) < 4.78 is 5.05. The van der Waals surface area contributed by atoms with Crippen molar-refractivity contribution in [2.24, 2.45) is 0 Å². The van der Waals surface area contributed by atoms with Crippen LogP contribution in [0.3, 0.4) is 0 Å². The molecule has 6 heteroatoms. The van der Waals surface area contributed by atoms with E-state index < -0.39 is 0 Å². The lowest BCUT2D eigenvalue weighted by Crippen LogP contribution is -2.30. The number of hydrogen-bond acceptors (Lipinski definition) is 6. The maximum atomic E-state index is 9.29. The number of nitrogens with one attached hydrogen (secondary N) is 2. The maximum absolute atomic E-state index is 9.29. The van der Waals surface area contributed by atoms with Crippen molar-refractivity contribution in [1.82, 2.24) is 9.97 Å². The first-order chi connectivity index (χ1) is 9.26. The number of hydrogen-bond donors (Lipinski definition) is 3. The van der Waals surface area contributed by atoms with Crippen LogP contribution in [0.2, 0.25) is 0 Å². The lowest BCUT2D eigenvalue weighted by molar-refractivity contribution is 0.153. The number of rotatable bonds is 9. The van der Waals surface area contributed by atoms with E-state index in [1.165, 1.54) is 6.33 Å². The van der Waals surface area contributed by atoms with E-state index in [1.807, 2.05) is 0 Å². The second kappa shape index (κ2) is 8.66. The van der Waals surface area contributed by atoms with Gasteiger partial charge < -0.3 is 20.5 Å². The summed E-state index contributed by atoms with van der Waals surface area (Å²) in [7, 11) is 1.61. The maximum Gasteiger partial charge on any atom is 0.135 e. The second-order valence-electron chi connectivity index (χ2n) is 4.31. The quantitative estimate of drug-likeness (QED) is 0.626. The van der Waals surface area contributed by atoms with Crippen LogP contribution >= 0.6 is 0 Å². The largest absolute Gasteiger partial charge is 0.394 e. The molecule has 1 unspecified atom stereocenters. The van der Waals surface area contributed by atoms with Crippen LogP contribution in [0.4, 0.5) is 11.6 Å². The predicted molar refractivity (Wildman–Crippen MR) is 76.6 cm³/mol. The second-order valence-corrected chi connectivity index (χ2v) is 4.31. The Kier molecular flexibility index (Phi) is 7.14. The minimum atomic E-state index is -0.163. The van der Waals surface area contributed by atoms with E-state index in [4.69, 9.17) is 4.74 Å². The molecule has 0 aliphatic rings. The van der Waals surface area contributed by atoms with Crippen LogP contribution in [-0.2, 0) is 11.2 Å². The Morgan fingerprint density at radius 3 is 2.63 bits per heavy atom. The number of anilines is 2. The number of nitrogens with zero attached hydrogens (tertiary/aromatic N) is 2. The highest BCUT2D eigenvalue weighted by atomic mass is 16.5. The molecule has 108 valence electrons. The summed E-state index contributed by atoms with van der Waals surface area (Å²) in [6.45, 7) is 5.48. The van der Waals surface area contributed by atoms with Crippen molar-refractivity contribution in [2.45, 2.75) is 32.7 Å². The van der Waals surface area contributed by atoms with Crippen LogP contribution in [0.5, 0.6) is 0 Å². The highest BCUT2D eigenvalue weighted by Crippen LogP contribution is 2.21. The fourth-order valence-electron chi connectivity index (χ4n) is 1.80. The molecule has 0 aromatic carbocycles. The highest BCUT2D eigenvalue weighted by molar-refractivity contribution is 5.57. The molecular weight excluding hydrogens is 244 g/mol. The van der Waals surface area contributed by atoms with Gasteiger partial charge in [-0.15, -0.1) is 0 Å². The summed E-state index contributed by atoms with van der Waals surface area (Å²) >= 11 is 0. The van der Waals surface area contributed by atoms with Gasteiger partial charge in [-0.05, 0) is 12.8 Å². The highest BCUT2D eigenvalue weighted by Gasteiger charge is 2.13. The normalized spacial score (nSPS) is 12.2. The van der Waals surface area contributed by atoms with Crippen LogP contribution in [0.25, 0.3) is 0 Å². The predicted octanol–water partition coefficient (Wildman–Crippen LogP) is 1.28. The van der Waals surface area contributed by atoms with E-state index >= 15 is 0 Å². The first-order valence-corrected chi connectivity index (χ1v) is 6.70. The van der Waals surface area contributed by atoms with Crippen molar-refractivity contribution in [2.75, 3.05) is 37.5 Å². The zero-order valence-corrected chi connectivity index (χ0v) is 11.9. The van der Waals surface area contributed by atoms with E-state index in [-0.39, 0.29) is 12.6 Å². The molecule has 0 fully saturated rings. The Balaban J connectivity index is 2.86. The zero-order valence-electron chi connectivity index (χ0n) is 11.9. The standard InChI is InChI=1S/C13H24N4O2/c1-4-6-14-12-11(5-2)13(16-9-15-12)17-10(7-18)8-19-3/h9-10,18H,4-8H2,1-3H3,(H2,14,15,16,17). The SMILES string of the molecule is CCCNc1ncnc(NC(CO)COC)c1CC. The van der Waals surface area contributed by atoms with Crippen LogP contribution < -0.4 is 10.6 Å². The van der Waals surface area contributed by atoms with Crippen molar-refractivity contribution in [1.29, 1.82) is 0 Å². The van der Waals surface area contributed by atoms with Crippen LogP contribution in [0, 0.1) is 0 Å². The molecule has 1 atom stereocenters. The summed E-state index contributed by atoms with van der Waals surface area (Å²) in [5.41, 5.74) is 1.03. The lowest BCUT2D eigenvalue weighted by atomic mass is 10.2. The Morgan fingerprint density at radius 1 is 1.32 bits per heavy atom. The van der Waals surface area contributed by atoms with Gasteiger partial charge in [0, 0.05) is 19.2 Å². The monoisotopic (exact) mass is 268 g/mol. The third kappa shape index (κ3) is 4.65. The summed E-state index contributed by atoms with van der Waals surface area (Å²) in [5.74, 6) is 1.61. The zero-order chi connectivity index (χ0) is 14.1. The summed E-state index contributed by atoms with van der Waals surface area (Å²) in [4.78, 5) is 8.53. The number of ether oxygens (including phenoxy) is 1. The molecule has 1 aromatic rings. The molecule has 19 heavy (non-hydrogen) atoms. The summed E-state index contributed by atoms with van der Waals surface area (Å²) in [6.07, 6.45) is 3.39. The fourth-order valence-corrected chi connectivity index (χ4v) is 1.80. The van der Waals surface area contributed by atoms with E-state index in [2.05, 4.69) is 34.4 Å². The topological polar surface area (TPSA) is 79.3 Å². The average molecular weight is 268 g/mol. The fraction of sp³-hybridized carbons (Fsp3) is 0.692. The van der Waals surface area contributed by atoms with Gasteiger partial charge in [0.2, 0.25) is 0 Å². The van der Waals surface area contributed by atoms with Gasteiger partial charge in [0.15, 0.2) is 0 Å². The molecule has 6 nitrogen and oxygen atoms in total. The molecule has 1 rings (SSSR count). The molecule has 0 saturated carbocycles. The average Bonchev–Trinajstić information content (AvgIpc) is 2.44. The molecule has 0 aliphatic carbocycles. The van der Waals surface area contributed by atoms with E-state index in [9.17, 15) is 5.11 Å². The van der Waals surface area contributed by atoms with Crippen LogP contribution in [-0.4, -0.2) is 48.0 Å². The van der Waals surface area contributed by atoms with E-state index in [1.54, 1.807) is 7.11 Å². The van der Waals surface area contributed by atoms with Gasteiger partial charge in [-0.25, -0.2) is 9.97 Å². The Labute approximate surface area is 114 Å². The lowest BCUT2D eigenvalue weighted by Gasteiger charge is -2.19. The molecule has 0 aliphatic heterocycles. The van der Waals surface area contributed by atoms with E-state index in [0.717, 1.165) is 36.6 Å². The van der Waals surface area contributed by atoms with Gasteiger partial charge in [0.05, 0.1) is 19.3 Å². The van der Waals surface area contributed by atoms with Gasteiger partial charge in [-0.3, -0.25) is 0 Å². The smallest absolute Gasteiger partial charge is 0.135 e. The number of aromatic nitrogens is 2. The van der Waals surface area contributed by atoms with Gasteiger partial charge in [0.1, 0.15) is 18.0 Å². The first-order valence-electron chi connectivity index (χ1n) is 6.70. The molecule has 0 spiro atoms. The Bertz CT molecular complexity index is 374. The third-order valence-electron chi connectivity index (χ3n) is 2.77. The summed E-state index contributed by atoms with van der Waals surface area (Å²) in [5, 5.41) is 15.8. The number of aliphatic hydroxyl groups is 1. The van der Waals surface area contributed by atoms with Crippen molar-refractivity contribution < 1.29 is 9.84 Å². The van der Waals surface area contributed by atoms with Crippen LogP contribution in [0.1, 0.15) is 25.8 Å².